The molecule has 0 bridgehead atoms. The summed E-state index contributed by atoms with van der Waals surface area (Å²) in [6, 6.07) is 0. The monoisotopic (exact) mass is 516 g/mol. The first-order valence-electron chi connectivity index (χ1n) is 15.0. The molecule has 0 aromatic rings. The third kappa shape index (κ3) is 3.75. The first kappa shape index (κ1) is 27.6. The van der Waals surface area contributed by atoms with Gasteiger partial charge in [0.25, 0.3) is 0 Å². The molecule has 5 heteroatoms. The molecule has 5 rings (SSSR count). The van der Waals surface area contributed by atoms with Crippen molar-refractivity contribution in [3.8, 4) is 0 Å². The summed E-state index contributed by atoms with van der Waals surface area (Å²) in [6.07, 6.45) is 8.42. The molecule has 0 radical (unpaired) electrons. The molecule has 0 aromatic carbocycles. The molecular formula is C32H52O5. The number of ether oxygens (including phenoxy) is 2. The molecule has 4 aliphatic carbocycles. The molecule has 5 nitrogen and oxygen atoms in total. The van der Waals surface area contributed by atoms with E-state index >= 15 is 0 Å². The molecule has 0 amide bonds. The lowest BCUT2D eigenvalue weighted by molar-refractivity contribution is -0.248. The van der Waals surface area contributed by atoms with Gasteiger partial charge in [0.15, 0.2) is 0 Å². The van der Waals surface area contributed by atoms with Crippen molar-refractivity contribution in [2.45, 2.75) is 144 Å². The molecule has 4 saturated carbocycles. The Morgan fingerprint density at radius 1 is 0.946 bits per heavy atom. The number of fused-ring (bicyclic) bond motifs is 5. The number of carbonyl (C=O) groups is 2. The van der Waals surface area contributed by atoms with Gasteiger partial charge in [-0.25, -0.2) is 0 Å². The maximum Gasteiger partial charge on any atom is 0.302 e. The van der Waals surface area contributed by atoms with Crippen LogP contribution < -0.4 is 0 Å². The zero-order chi connectivity index (χ0) is 27.4. The number of ketones is 1. The van der Waals surface area contributed by atoms with E-state index < -0.39 is 5.60 Å². The minimum atomic E-state index is -0.845. The van der Waals surface area contributed by atoms with E-state index in [4.69, 9.17) is 9.47 Å². The summed E-state index contributed by atoms with van der Waals surface area (Å²) >= 11 is 0. The first-order valence-corrected chi connectivity index (χ1v) is 15.0. The highest BCUT2D eigenvalue weighted by Gasteiger charge is 2.72. The van der Waals surface area contributed by atoms with E-state index in [1.807, 2.05) is 13.8 Å². The predicted molar refractivity (Wildman–Crippen MR) is 144 cm³/mol. The molecule has 10 atom stereocenters. The largest absolute Gasteiger partial charge is 0.462 e. The van der Waals surface area contributed by atoms with E-state index in [9.17, 15) is 14.7 Å². The van der Waals surface area contributed by atoms with E-state index in [0.29, 0.717) is 30.0 Å². The number of hydrogen-bond acceptors (Lipinski definition) is 5. The van der Waals surface area contributed by atoms with Gasteiger partial charge in [-0.3, -0.25) is 9.59 Å². The van der Waals surface area contributed by atoms with Gasteiger partial charge in [0.2, 0.25) is 0 Å². The fraction of sp³-hybridized carbons (Fsp3) is 0.938. The van der Waals surface area contributed by atoms with Crippen LogP contribution in [-0.2, 0) is 19.1 Å². The van der Waals surface area contributed by atoms with Crippen LogP contribution >= 0.6 is 0 Å². The molecular weight excluding hydrogens is 464 g/mol. The lowest BCUT2D eigenvalue weighted by Crippen LogP contribution is -2.67. The van der Waals surface area contributed by atoms with Gasteiger partial charge in [0, 0.05) is 24.7 Å². The summed E-state index contributed by atoms with van der Waals surface area (Å²) in [5.41, 5.74) is -1.33. The van der Waals surface area contributed by atoms with Gasteiger partial charge in [-0.15, -0.1) is 0 Å². The molecule has 5 aliphatic rings. The second-order valence-electron chi connectivity index (χ2n) is 15.8. The fourth-order valence-electron chi connectivity index (χ4n) is 11.3. The van der Waals surface area contributed by atoms with Crippen molar-refractivity contribution in [1.82, 2.24) is 0 Å². The maximum atomic E-state index is 13.1. The van der Waals surface area contributed by atoms with Gasteiger partial charge in [0.1, 0.15) is 11.9 Å². The SMILES string of the molecule is CC(=O)O[C@@H]1C[C@H]2[C@@H]([C@]3(C)CCC(C(C)(C)O)O3)CC[C@]2(C)[C@]2(C)CCC3C(C)(C)C(=O)CC[C@]3(C)[C@@H]12. The van der Waals surface area contributed by atoms with Gasteiger partial charge >= 0.3 is 5.97 Å². The van der Waals surface area contributed by atoms with Crippen molar-refractivity contribution in [3.63, 3.8) is 0 Å². The van der Waals surface area contributed by atoms with Crippen LogP contribution in [0.5, 0.6) is 0 Å². The zero-order valence-corrected chi connectivity index (χ0v) is 24.9. The van der Waals surface area contributed by atoms with Gasteiger partial charge in [-0.2, -0.15) is 0 Å². The number of esters is 1. The van der Waals surface area contributed by atoms with E-state index in [0.717, 1.165) is 51.4 Å². The standard InChI is InChI=1S/C32H52O5/c1-19(33)36-22-18-21-20(32(9)17-13-25(37-32)28(4,5)35)10-15-30(21,7)31(8)16-11-23-27(2,3)24(34)12-14-29(23,6)26(22)31/h20-23,25-26,35H,10-18H2,1-9H3/t20-,21-,22+,23?,25?,26+,29-,30-,31+,32-/m0/s1. The molecule has 1 heterocycles. The highest BCUT2D eigenvalue weighted by atomic mass is 16.5. The minimum Gasteiger partial charge on any atom is -0.462 e. The highest BCUT2D eigenvalue weighted by molar-refractivity contribution is 5.85. The molecule has 0 spiro atoms. The number of hydrogen-bond donors (Lipinski definition) is 1. The summed E-state index contributed by atoms with van der Waals surface area (Å²) in [7, 11) is 0. The molecule has 2 unspecified atom stereocenters. The van der Waals surface area contributed by atoms with E-state index in [2.05, 4.69) is 41.5 Å². The maximum absolute atomic E-state index is 13.1. The van der Waals surface area contributed by atoms with Crippen molar-refractivity contribution in [3.05, 3.63) is 0 Å². The average molecular weight is 517 g/mol. The number of Topliss-reactive ketones (excluding diaryl/α,β-unsaturated/α-hetero) is 1. The summed E-state index contributed by atoms with van der Waals surface area (Å²) in [6.45, 7) is 19.3. The molecule has 0 aromatic heterocycles. The Bertz CT molecular complexity index is 965. The molecule has 1 saturated heterocycles. The molecule has 37 heavy (non-hydrogen) atoms. The third-order valence-corrected chi connectivity index (χ3v) is 13.3. The normalized spacial score (nSPS) is 51.2. The Morgan fingerprint density at radius 3 is 2.19 bits per heavy atom. The van der Waals surface area contributed by atoms with Crippen molar-refractivity contribution in [2.75, 3.05) is 0 Å². The van der Waals surface area contributed by atoms with E-state index in [1.54, 1.807) is 6.92 Å². The van der Waals surface area contributed by atoms with Crippen LogP contribution in [0.2, 0.25) is 0 Å². The molecule has 1 N–H and O–H groups in total. The number of rotatable bonds is 3. The first-order chi connectivity index (χ1) is 16.9. The molecule has 210 valence electrons. The quantitative estimate of drug-likeness (QED) is 0.434. The summed E-state index contributed by atoms with van der Waals surface area (Å²) in [5.74, 6) is 1.57. The van der Waals surface area contributed by atoms with Crippen molar-refractivity contribution in [1.29, 1.82) is 0 Å². The summed E-state index contributed by atoms with van der Waals surface area (Å²) in [5, 5.41) is 10.7. The van der Waals surface area contributed by atoms with Crippen LogP contribution in [0.3, 0.4) is 0 Å². The van der Waals surface area contributed by atoms with Gasteiger partial charge in [-0.1, -0.05) is 34.6 Å². The molecule has 5 fully saturated rings. The molecule has 1 aliphatic heterocycles. The Balaban J connectivity index is 1.55. The number of aliphatic hydroxyl groups is 1. The van der Waals surface area contributed by atoms with E-state index in [1.165, 1.54) is 0 Å². The zero-order valence-electron chi connectivity index (χ0n) is 24.9. The van der Waals surface area contributed by atoms with Crippen molar-refractivity contribution >= 4 is 11.8 Å². The second-order valence-corrected chi connectivity index (χ2v) is 15.8. The average Bonchev–Trinajstić information content (AvgIpc) is 3.33. The Hall–Kier alpha value is -0.940. The van der Waals surface area contributed by atoms with Crippen LogP contribution in [0.1, 0.15) is 120 Å². The fourth-order valence-corrected chi connectivity index (χ4v) is 11.3. The Kier molecular flexibility index (Phi) is 6.19. The number of carbonyl (C=O) groups excluding carboxylic acids is 2. The minimum absolute atomic E-state index is 0.0249. The second kappa shape index (κ2) is 8.29. The predicted octanol–water partition coefficient (Wildman–Crippen LogP) is 6.49. The Morgan fingerprint density at radius 2 is 1.59 bits per heavy atom. The van der Waals surface area contributed by atoms with Crippen LogP contribution in [-0.4, -0.2) is 40.3 Å². The van der Waals surface area contributed by atoms with Crippen molar-refractivity contribution < 1.29 is 24.2 Å². The van der Waals surface area contributed by atoms with Crippen LogP contribution in [0, 0.1) is 45.3 Å². The lowest BCUT2D eigenvalue weighted by atomic mass is 9.35. The lowest BCUT2D eigenvalue weighted by Gasteiger charge is -2.70. The van der Waals surface area contributed by atoms with Crippen molar-refractivity contribution in [2.24, 2.45) is 45.3 Å². The van der Waals surface area contributed by atoms with E-state index in [-0.39, 0.29) is 51.4 Å². The summed E-state index contributed by atoms with van der Waals surface area (Å²) in [4.78, 5) is 25.6. The smallest absolute Gasteiger partial charge is 0.302 e. The summed E-state index contributed by atoms with van der Waals surface area (Å²) < 4.78 is 13.0. The van der Waals surface area contributed by atoms with Gasteiger partial charge in [0.05, 0.1) is 17.3 Å². The van der Waals surface area contributed by atoms with Crippen LogP contribution in [0.25, 0.3) is 0 Å². The Labute approximate surface area is 224 Å². The van der Waals surface area contributed by atoms with Crippen LogP contribution in [0.4, 0.5) is 0 Å². The highest BCUT2D eigenvalue weighted by Crippen LogP contribution is 2.76. The topological polar surface area (TPSA) is 72.8 Å². The van der Waals surface area contributed by atoms with Crippen LogP contribution in [0.15, 0.2) is 0 Å². The third-order valence-electron chi connectivity index (χ3n) is 13.3. The van der Waals surface area contributed by atoms with Gasteiger partial charge < -0.3 is 14.6 Å². The van der Waals surface area contributed by atoms with Gasteiger partial charge in [-0.05, 0) is 106 Å².